The Bertz CT molecular complexity index is 1350. The van der Waals surface area contributed by atoms with Crippen LogP contribution in [0.15, 0.2) is 97.2 Å². The Balaban J connectivity index is 4.52. The molecule has 0 aliphatic rings. The lowest BCUT2D eigenvalue weighted by Crippen LogP contribution is -2.30. The minimum absolute atomic E-state index is 0.109. The van der Waals surface area contributed by atoms with Crippen LogP contribution in [0, 0.1) is 0 Å². The lowest BCUT2D eigenvalue weighted by molar-refractivity contribution is -0.166. The molecule has 0 spiro atoms. The van der Waals surface area contributed by atoms with Crippen LogP contribution in [0.3, 0.4) is 0 Å². The van der Waals surface area contributed by atoms with Crippen molar-refractivity contribution >= 4 is 17.9 Å². The average Bonchev–Trinajstić information content (AvgIpc) is 3.33. The molecule has 0 heterocycles. The third-order valence-corrected chi connectivity index (χ3v) is 11.6. The van der Waals surface area contributed by atoms with Gasteiger partial charge in [0.05, 0.1) is 0 Å². The van der Waals surface area contributed by atoms with Crippen LogP contribution in [0.1, 0.15) is 252 Å². The number of allylic oxidation sites excluding steroid dienone is 16. The highest BCUT2D eigenvalue weighted by Crippen LogP contribution is 2.13. The predicted octanol–water partition coefficient (Wildman–Crippen LogP) is 18.5. The van der Waals surface area contributed by atoms with E-state index in [1.807, 2.05) is 6.08 Å². The molecule has 382 valence electrons. The van der Waals surface area contributed by atoms with Crippen molar-refractivity contribution < 1.29 is 28.6 Å². The molecular formula is C61H102O6. The summed E-state index contributed by atoms with van der Waals surface area (Å²) in [4.78, 5) is 38.1. The van der Waals surface area contributed by atoms with E-state index in [-0.39, 0.29) is 37.5 Å². The summed E-state index contributed by atoms with van der Waals surface area (Å²) in [5, 5.41) is 0. The maximum absolute atomic E-state index is 12.8. The van der Waals surface area contributed by atoms with E-state index < -0.39 is 6.10 Å². The minimum Gasteiger partial charge on any atom is -0.462 e. The topological polar surface area (TPSA) is 78.9 Å². The molecular weight excluding hydrogens is 829 g/mol. The van der Waals surface area contributed by atoms with Gasteiger partial charge in [0.15, 0.2) is 6.10 Å². The van der Waals surface area contributed by atoms with Gasteiger partial charge in [-0.3, -0.25) is 14.4 Å². The van der Waals surface area contributed by atoms with Gasteiger partial charge in [-0.2, -0.15) is 0 Å². The molecule has 0 aromatic rings. The summed E-state index contributed by atoms with van der Waals surface area (Å²) in [6.45, 7) is 6.44. The van der Waals surface area contributed by atoms with Gasteiger partial charge in [-0.1, -0.05) is 221 Å². The van der Waals surface area contributed by atoms with Gasteiger partial charge < -0.3 is 14.2 Å². The quantitative estimate of drug-likeness (QED) is 0.0262. The van der Waals surface area contributed by atoms with Gasteiger partial charge in [0.2, 0.25) is 0 Å². The zero-order valence-electron chi connectivity index (χ0n) is 43.6. The molecule has 0 saturated heterocycles. The molecule has 0 N–H and O–H groups in total. The van der Waals surface area contributed by atoms with Crippen LogP contribution in [0.4, 0.5) is 0 Å². The van der Waals surface area contributed by atoms with Crippen molar-refractivity contribution in [2.45, 2.75) is 258 Å². The minimum atomic E-state index is -0.816. The summed E-state index contributed by atoms with van der Waals surface area (Å²) in [5.41, 5.74) is 0. The van der Waals surface area contributed by atoms with E-state index in [0.29, 0.717) is 19.3 Å². The van der Waals surface area contributed by atoms with Crippen molar-refractivity contribution in [3.63, 3.8) is 0 Å². The Kier molecular flexibility index (Phi) is 51.9. The Morgan fingerprint density at radius 3 is 1.00 bits per heavy atom. The molecule has 0 rings (SSSR count). The molecule has 0 aliphatic carbocycles. The summed E-state index contributed by atoms with van der Waals surface area (Å²) >= 11 is 0. The maximum Gasteiger partial charge on any atom is 0.306 e. The first-order chi connectivity index (χ1) is 33.0. The molecule has 6 nitrogen and oxygen atoms in total. The van der Waals surface area contributed by atoms with E-state index in [1.54, 1.807) is 0 Å². The molecule has 0 radical (unpaired) electrons. The van der Waals surface area contributed by atoms with E-state index >= 15 is 0 Å². The second-order valence-electron chi connectivity index (χ2n) is 18.1. The van der Waals surface area contributed by atoms with Gasteiger partial charge in [-0.05, 0) is 109 Å². The predicted molar refractivity (Wildman–Crippen MR) is 288 cm³/mol. The number of rotatable bonds is 49. The van der Waals surface area contributed by atoms with Gasteiger partial charge in [-0.15, -0.1) is 0 Å². The zero-order valence-corrected chi connectivity index (χ0v) is 43.6. The van der Waals surface area contributed by atoms with Gasteiger partial charge in [0.25, 0.3) is 0 Å². The van der Waals surface area contributed by atoms with Gasteiger partial charge in [-0.25, -0.2) is 0 Å². The summed E-state index contributed by atoms with van der Waals surface area (Å²) in [5.74, 6) is -1.01. The highest BCUT2D eigenvalue weighted by atomic mass is 16.6. The molecule has 0 amide bonds. The standard InChI is InChI=1S/C61H102O6/c1-4-7-10-13-16-19-22-25-28-29-30-31-34-36-39-42-45-48-51-54-60(63)66-57-58(67-61(64)55-52-49-46-43-40-37-33-27-24-21-18-15-12-9-6-3)56-65-59(62)53-50-47-44-41-38-35-32-26-23-20-17-14-11-8-5-2/h7,10,16,19,25-28,30-33,36,39,45,48,58H,4-6,8-9,11-15,17-18,20-24,29,34-35,37-38,40-44,46-47,49-57H2,1-3H3/b10-7-,19-16+,28-25+,31-30+,32-26+,33-27+,39-36+,48-45+. The summed E-state index contributed by atoms with van der Waals surface area (Å²) in [6.07, 6.45) is 72.6. The number of carbonyl (C=O) groups is 3. The Morgan fingerprint density at radius 2 is 0.612 bits per heavy atom. The van der Waals surface area contributed by atoms with Crippen LogP contribution >= 0.6 is 0 Å². The Labute approximate surface area is 413 Å². The fourth-order valence-electron chi connectivity index (χ4n) is 7.40. The highest BCUT2D eigenvalue weighted by molar-refractivity contribution is 5.71. The van der Waals surface area contributed by atoms with Gasteiger partial charge in [0, 0.05) is 19.3 Å². The van der Waals surface area contributed by atoms with Crippen LogP contribution < -0.4 is 0 Å². The third-order valence-electron chi connectivity index (χ3n) is 11.6. The van der Waals surface area contributed by atoms with Crippen LogP contribution in [-0.2, 0) is 28.6 Å². The normalized spacial score (nSPS) is 12.8. The molecule has 0 bridgehead atoms. The Morgan fingerprint density at radius 1 is 0.313 bits per heavy atom. The van der Waals surface area contributed by atoms with Crippen molar-refractivity contribution in [2.24, 2.45) is 0 Å². The van der Waals surface area contributed by atoms with Crippen LogP contribution in [0.5, 0.6) is 0 Å². The Hall–Kier alpha value is -3.67. The van der Waals surface area contributed by atoms with E-state index in [4.69, 9.17) is 14.2 Å². The fraction of sp³-hybridized carbons (Fsp3) is 0.689. The SMILES string of the molecule is CC/C=C\C/C=C/C/C=C/C/C=C/C/C=C/C/C=C/CCC(=O)OCC(COC(=O)CCCCCCC/C=C/CCCCCCCC)OC(=O)CCCCCCC/C=C/CCCCCCCC. The first-order valence-corrected chi connectivity index (χ1v) is 27.7. The summed E-state index contributed by atoms with van der Waals surface area (Å²) < 4.78 is 16.8. The van der Waals surface area contributed by atoms with E-state index in [0.717, 1.165) is 103 Å². The molecule has 0 aromatic carbocycles. The maximum atomic E-state index is 12.8. The monoisotopic (exact) mass is 931 g/mol. The zero-order chi connectivity index (χ0) is 48.6. The molecule has 1 unspecified atom stereocenters. The van der Waals surface area contributed by atoms with Crippen LogP contribution in [0.25, 0.3) is 0 Å². The lowest BCUT2D eigenvalue weighted by Gasteiger charge is -2.18. The van der Waals surface area contributed by atoms with Crippen LogP contribution in [-0.4, -0.2) is 37.2 Å². The molecule has 1 atom stereocenters. The van der Waals surface area contributed by atoms with E-state index in [9.17, 15) is 14.4 Å². The molecule has 0 aliphatic heterocycles. The third kappa shape index (κ3) is 53.2. The number of esters is 3. The number of unbranched alkanes of at least 4 members (excludes halogenated alkanes) is 22. The van der Waals surface area contributed by atoms with Gasteiger partial charge in [0.1, 0.15) is 13.2 Å². The van der Waals surface area contributed by atoms with Crippen molar-refractivity contribution in [2.75, 3.05) is 13.2 Å². The van der Waals surface area contributed by atoms with Gasteiger partial charge >= 0.3 is 17.9 Å². The molecule has 0 fully saturated rings. The van der Waals surface area contributed by atoms with Crippen molar-refractivity contribution in [1.82, 2.24) is 0 Å². The first-order valence-electron chi connectivity index (χ1n) is 27.7. The highest BCUT2D eigenvalue weighted by Gasteiger charge is 2.19. The number of ether oxygens (including phenoxy) is 3. The largest absolute Gasteiger partial charge is 0.462 e. The molecule has 0 saturated carbocycles. The van der Waals surface area contributed by atoms with E-state index in [2.05, 4.69) is 112 Å². The molecule has 6 heteroatoms. The average molecular weight is 931 g/mol. The second-order valence-corrected chi connectivity index (χ2v) is 18.1. The second kappa shape index (κ2) is 54.9. The smallest absolute Gasteiger partial charge is 0.306 e. The molecule has 67 heavy (non-hydrogen) atoms. The fourth-order valence-corrected chi connectivity index (χ4v) is 7.40. The summed E-state index contributed by atoms with van der Waals surface area (Å²) in [7, 11) is 0. The number of carbonyl (C=O) groups excluding carboxylic acids is 3. The first kappa shape index (κ1) is 63.3. The number of hydrogen-bond donors (Lipinski definition) is 0. The molecule has 0 aromatic heterocycles. The van der Waals surface area contributed by atoms with Crippen molar-refractivity contribution in [3.8, 4) is 0 Å². The van der Waals surface area contributed by atoms with E-state index in [1.165, 1.54) is 103 Å². The lowest BCUT2D eigenvalue weighted by atomic mass is 10.1. The number of hydrogen-bond acceptors (Lipinski definition) is 6. The van der Waals surface area contributed by atoms with Crippen LogP contribution in [0.2, 0.25) is 0 Å². The van der Waals surface area contributed by atoms with Crippen molar-refractivity contribution in [3.05, 3.63) is 97.2 Å². The van der Waals surface area contributed by atoms with Crippen molar-refractivity contribution in [1.29, 1.82) is 0 Å². The summed E-state index contributed by atoms with van der Waals surface area (Å²) in [6, 6.07) is 0.